The van der Waals surface area contributed by atoms with Gasteiger partial charge in [-0.25, -0.2) is 8.78 Å². The fraction of sp³-hybridized carbons (Fsp3) is 0.889. The molecular formula is C9H17F2NO2. The number of carbonyl (C=O) groups excluding carboxylic acids is 1. The molecule has 0 aromatic carbocycles. The van der Waals surface area contributed by atoms with E-state index in [1.54, 1.807) is 20.8 Å². The maximum Gasteiger partial charge on any atom is 0.255 e. The van der Waals surface area contributed by atoms with Gasteiger partial charge in [-0.2, -0.15) is 0 Å². The van der Waals surface area contributed by atoms with Crippen LogP contribution in [0.5, 0.6) is 0 Å². The molecule has 5 heteroatoms. The fourth-order valence-electron chi connectivity index (χ4n) is 0.697. The first kappa shape index (κ1) is 13.3. The van der Waals surface area contributed by atoms with E-state index >= 15 is 0 Å². The van der Waals surface area contributed by atoms with Gasteiger partial charge in [0.2, 0.25) is 5.91 Å². The Hall–Kier alpha value is -0.710. The van der Waals surface area contributed by atoms with E-state index in [4.69, 9.17) is 4.74 Å². The molecule has 0 atom stereocenters. The second kappa shape index (κ2) is 5.24. The van der Waals surface area contributed by atoms with Crippen LogP contribution in [0.2, 0.25) is 0 Å². The van der Waals surface area contributed by atoms with Gasteiger partial charge < -0.3 is 9.64 Å². The molecule has 0 aliphatic heterocycles. The molecule has 0 radical (unpaired) electrons. The largest absolute Gasteiger partial charge is 0.366 e. The number of alkyl halides is 2. The van der Waals surface area contributed by atoms with Crippen LogP contribution >= 0.6 is 0 Å². The van der Waals surface area contributed by atoms with Gasteiger partial charge in [0.25, 0.3) is 6.43 Å². The highest BCUT2D eigenvalue weighted by molar-refractivity contribution is 5.77. The molecule has 0 aromatic rings. The molecule has 0 saturated heterocycles. The van der Waals surface area contributed by atoms with E-state index in [9.17, 15) is 13.6 Å². The Morgan fingerprint density at radius 3 is 2.29 bits per heavy atom. The summed E-state index contributed by atoms with van der Waals surface area (Å²) in [6.07, 6.45) is -2.50. The van der Waals surface area contributed by atoms with Crippen molar-refractivity contribution in [3.8, 4) is 0 Å². The topological polar surface area (TPSA) is 29.5 Å². The van der Waals surface area contributed by atoms with Crippen LogP contribution in [-0.4, -0.2) is 43.0 Å². The lowest BCUT2D eigenvalue weighted by Crippen LogP contribution is -2.36. The van der Waals surface area contributed by atoms with Crippen molar-refractivity contribution < 1.29 is 18.3 Å². The number of hydrogen-bond donors (Lipinski definition) is 0. The van der Waals surface area contributed by atoms with Crippen LogP contribution in [0.3, 0.4) is 0 Å². The molecule has 3 nitrogen and oxygen atoms in total. The van der Waals surface area contributed by atoms with E-state index in [0.29, 0.717) is 0 Å². The molecule has 0 N–H and O–H groups in total. The quantitative estimate of drug-likeness (QED) is 0.702. The smallest absolute Gasteiger partial charge is 0.255 e. The molecule has 0 heterocycles. The minimum absolute atomic E-state index is 0.160. The van der Waals surface area contributed by atoms with Gasteiger partial charge >= 0.3 is 0 Å². The Labute approximate surface area is 83.0 Å². The second-order valence-corrected chi connectivity index (χ2v) is 4.07. The summed E-state index contributed by atoms with van der Waals surface area (Å²) in [5, 5.41) is 0. The zero-order valence-corrected chi connectivity index (χ0v) is 9.01. The van der Waals surface area contributed by atoms with E-state index in [1.165, 1.54) is 7.05 Å². The number of carbonyl (C=O) groups is 1. The lowest BCUT2D eigenvalue weighted by molar-refractivity contribution is -0.141. The van der Waals surface area contributed by atoms with Crippen molar-refractivity contribution in [2.24, 2.45) is 0 Å². The van der Waals surface area contributed by atoms with Crippen molar-refractivity contribution in [1.82, 2.24) is 4.90 Å². The summed E-state index contributed by atoms with van der Waals surface area (Å²) < 4.78 is 28.9. The summed E-state index contributed by atoms with van der Waals surface area (Å²) in [5.74, 6) is -0.430. The Bertz CT molecular complexity index is 190. The summed E-state index contributed by atoms with van der Waals surface area (Å²) in [4.78, 5) is 12.2. The summed E-state index contributed by atoms with van der Waals surface area (Å²) >= 11 is 0. The molecule has 0 rings (SSSR count). The molecule has 0 unspecified atom stereocenters. The van der Waals surface area contributed by atoms with Gasteiger partial charge in [0.1, 0.15) is 6.61 Å². The van der Waals surface area contributed by atoms with E-state index < -0.39 is 24.5 Å². The lowest BCUT2D eigenvalue weighted by atomic mass is 10.2. The van der Waals surface area contributed by atoms with Crippen LogP contribution in [0, 0.1) is 0 Å². The molecule has 0 aliphatic rings. The van der Waals surface area contributed by atoms with E-state index in [0.717, 1.165) is 4.90 Å². The van der Waals surface area contributed by atoms with Crippen LogP contribution in [0.25, 0.3) is 0 Å². The summed E-state index contributed by atoms with van der Waals surface area (Å²) in [5.41, 5.74) is -0.429. The zero-order valence-electron chi connectivity index (χ0n) is 9.01. The molecule has 0 fully saturated rings. The van der Waals surface area contributed by atoms with Crippen molar-refractivity contribution in [3.05, 3.63) is 0 Å². The predicted octanol–water partition coefficient (Wildman–Crippen LogP) is 1.52. The Balaban J connectivity index is 3.85. The van der Waals surface area contributed by atoms with Crippen molar-refractivity contribution in [2.45, 2.75) is 32.8 Å². The van der Waals surface area contributed by atoms with Crippen molar-refractivity contribution in [1.29, 1.82) is 0 Å². The van der Waals surface area contributed by atoms with E-state index in [1.807, 2.05) is 0 Å². The highest BCUT2D eigenvalue weighted by atomic mass is 19.3. The molecule has 0 saturated carbocycles. The summed E-state index contributed by atoms with van der Waals surface area (Å²) in [6, 6.07) is 0. The second-order valence-electron chi connectivity index (χ2n) is 4.07. The van der Waals surface area contributed by atoms with E-state index in [-0.39, 0.29) is 6.61 Å². The van der Waals surface area contributed by atoms with Crippen LogP contribution in [0.15, 0.2) is 0 Å². The third-order valence-electron chi connectivity index (χ3n) is 1.47. The number of nitrogens with zero attached hydrogens (tertiary/aromatic N) is 1. The average molecular weight is 209 g/mol. The normalized spacial score (nSPS) is 11.9. The maximum absolute atomic E-state index is 11.9. The molecular weight excluding hydrogens is 192 g/mol. The standard InChI is InChI=1S/C9H17F2NO2/c1-9(2,3)14-6-8(13)12(4)5-7(10)11/h7H,5-6H2,1-4H3. The number of hydrogen-bond acceptors (Lipinski definition) is 2. The Morgan fingerprint density at radius 1 is 1.43 bits per heavy atom. The summed E-state index contributed by atoms with van der Waals surface area (Å²) in [7, 11) is 1.33. The molecule has 14 heavy (non-hydrogen) atoms. The molecule has 84 valence electrons. The van der Waals surface area contributed by atoms with Gasteiger partial charge in [-0.15, -0.1) is 0 Å². The monoisotopic (exact) mass is 209 g/mol. The number of halogens is 2. The van der Waals surface area contributed by atoms with Crippen molar-refractivity contribution >= 4 is 5.91 Å². The van der Waals surface area contributed by atoms with Crippen LogP contribution in [0.1, 0.15) is 20.8 Å². The van der Waals surface area contributed by atoms with Crippen LogP contribution < -0.4 is 0 Å². The van der Waals surface area contributed by atoms with Crippen molar-refractivity contribution in [3.63, 3.8) is 0 Å². The van der Waals surface area contributed by atoms with Gasteiger partial charge in [0.15, 0.2) is 0 Å². The number of amides is 1. The minimum Gasteiger partial charge on any atom is -0.366 e. The maximum atomic E-state index is 11.9. The molecule has 0 bridgehead atoms. The zero-order chi connectivity index (χ0) is 11.4. The Morgan fingerprint density at radius 2 is 1.93 bits per heavy atom. The fourth-order valence-corrected chi connectivity index (χ4v) is 0.697. The third-order valence-corrected chi connectivity index (χ3v) is 1.47. The van der Waals surface area contributed by atoms with Gasteiger partial charge in [-0.1, -0.05) is 0 Å². The highest BCUT2D eigenvalue weighted by Gasteiger charge is 2.17. The summed E-state index contributed by atoms with van der Waals surface area (Å²) in [6.45, 7) is 4.69. The average Bonchev–Trinajstić information content (AvgIpc) is 1.97. The minimum atomic E-state index is -2.50. The number of ether oxygens (including phenoxy) is 1. The highest BCUT2D eigenvalue weighted by Crippen LogP contribution is 2.06. The van der Waals surface area contributed by atoms with Crippen LogP contribution in [-0.2, 0) is 9.53 Å². The van der Waals surface area contributed by atoms with E-state index in [2.05, 4.69) is 0 Å². The lowest BCUT2D eigenvalue weighted by Gasteiger charge is -2.22. The first-order valence-electron chi connectivity index (χ1n) is 4.38. The predicted molar refractivity (Wildman–Crippen MR) is 49.3 cm³/mol. The number of rotatable bonds is 4. The Kier molecular flexibility index (Phi) is 4.97. The van der Waals surface area contributed by atoms with Gasteiger partial charge in [-0.05, 0) is 20.8 Å². The molecule has 0 aromatic heterocycles. The number of likely N-dealkylation sites (N-methyl/N-ethyl adjacent to an activating group) is 1. The third kappa shape index (κ3) is 6.77. The molecule has 0 spiro atoms. The van der Waals surface area contributed by atoms with Gasteiger partial charge in [0, 0.05) is 7.05 Å². The molecule has 0 aliphatic carbocycles. The van der Waals surface area contributed by atoms with Crippen LogP contribution in [0.4, 0.5) is 8.78 Å². The molecule has 1 amide bonds. The van der Waals surface area contributed by atoms with Crippen molar-refractivity contribution in [2.75, 3.05) is 20.2 Å². The van der Waals surface area contributed by atoms with Gasteiger partial charge in [0.05, 0.1) is 12.1 Å². The van der Waals surface area contributed by atoms with Gasteiger partial charge in [-0.3, -0.25) is 4.79 Å². The first-order chi connectivity index (χ1) is 6.22. The first-order valence-corrected chi connectivity index (χ1v) is 4.38. The SMILES string of the molecule is CN(CC(F)F)C(=O)COC(C)(C)C.